The molecule has 0 amide bonds. The molecule has 112 valence electrons. The van der Waals surface area contributed by atoms with Crippen LogP contribution < -0.4 is 5.32 Å². The van der Waals surface area contributed by atoms with Gasteiger partial charge < -0.3 is 5.32 Å². The van der Waals surface area contributed by atoms with E-state index in [1.807, 2.05) is 6.92 Å². The van der Waals surface area contributed by atoms with Crippen LogP contribution in [0.2, 0.25) is 0 Å². The van der Waals surface area contributed by atoms with Gasteiger partial charge in [0.05, 0.1) is 0 Å². The summed E-state index contributed by atoms with van der Waals surface area (Å²) >= 11 is 0. The van der Waals surface area contributed by atoms with E-state index in [0.29, 0.717) is 24.1 Å². The van der Waals surface area contributed by atoms with E-state index < -0.39 is 11.6 Å². The van der Waals surface area contributed by atoms with Crippen LogP contribution >= 0.6 is 0 Å². The molecule has 21 heavy (non-hydrogen) atoms. The Hall–Kier alpha value is -1.81. The smallest absolute Gasteiger partial charge is 0.129 e. The van der Waals surface area contributed by atoms with Crippen molar-refractivity contribution in [3.05, 3.63) is 70.5 Å². The van der Waals surface area contributed by atoms with Gasteiger partial charge in [-0.15, -0.1) is 0 Å². The van der Waals surface area contributed by atoms with Crippen molar-refractivity contribution in [2.45, 2.75) is 26.3 Å². The lowest BCUT2D eigenvalue weighted by Gasteiger charge is -2.19. The average molecular weight is 293 g/mol. The van der Waals surface area contributed by atoms with Crippen LogP contribution in [0.5, 0.6) is 0 Å². The van der Waals surface area contributed by atoms with Crippen molar-refractivity contribution >= 4 is 0 Å². The molecule has 0 aliphatic rings. The summed E-state index contributed by atoms with van der Waals surface area (Å²) in [5, 5.41) is 3.25. The van der Waals surface area contributed by atoms with Crippen LogP contribution in [0.4, 0.5) is 13.2 Å². The predicted octanol–water partition coefficient (Wildman–Crippen LogP) is 4.31. The third kappa shape index (κ3) is 3.85. The highest BCUT2D eigenvalue weighted by Crippen LogP contribution is 2.22. The van der Waals surface area contributed by atoms with Crippen molar-refractivity contribution in [1.82, 2.24) is 5.32 Å². The van der Waals surface area contributed by atoms with E-state index >= 15 is 0 Å². The Labute approximate surface area is 122 Å². The maximum atomic E-state index is 13.8. The first kappa shape index (κ1) is 15.6. The molecule has 0 heterocycles. The molecular weight excluding hydrogens is 275 g/mol. The second-order valence-corrected chi connectivity index (χ2v) is 5.06. The molecule has 0 aliphatic heterocycles. The number of benzene rings is 2. The molecule has 1 N–H and O–H groups in total. The van der Waals surface area contributed by atoms with Gasteiger partial charge in [0.15, 0.2) is 0 Å². The van der Waals surface area contributed by atoms with Crippen molar-refractivity contribution in [1.29, 1.82) is 0 Å². The summed E-state index contributed by atoms with van der Waals surface area (Å²) in [6.07, 6.45) is 0.380. The Morgan fingerprint density at radius 2 is 1.76 bits per heavy atom. The van der Waals surface area contributed by atoms with Crippen molar-refractivity contribution in [3.8, 4) is 0 Å². The van der Waals surface area contributed by atoms with E-state index in [1.165, 1.54) is 18.2 Å². The molecule has 0 aromatic heterocycles. The average Bonchev–Trinajstić information content (AvgIpc) is 2.44. The van der Waals surface area contributed by atoms with Crippen LogP contribution in [0.1, 0.15) is 29.7 Å². The largest absolute Gasteiger partial charge is 0.310 e. The Kier molecular flexibility index (Phi) is 5.02. The van der Waals surface area contributed by atoms with Crippen LogP contribution in [0.3, 0.4) is 0 Å². The van der Waals surface area contributed by atoms with Gasteiger partial charge in [-0.25, -0.2) is 13.2 Å². The molecule has 1 nitrogen and oxygen atoms in total. The number of likely N-dealkylation sites (N-methyl/N-ethyl adjacent to an activating group) is 1. The lowest BCUT2D eigenvalue weighted by atomic mass is 9.97. The monoisotopic (exact) mass is 293 g/mol. The normalized spacial score (nSPS) is 12.4. The van der Waals surface area contributed by atoms with Crippen LogP contribution in [-0.2, 0) is 6.42 Å². The van der Waals surface area contributed by atoms with Gasteiger partial charge in [-0.3, -0.25) is 0 Å². The quantitative estimate of drug-likeness (QED) is 0.866. The number of halogens is 3. The topological polar surface area (TPSA) is 12.0 Å². The first-order chi connectivity index (χ1) is 10.0. The highest BCUT2D eigenvalue weighted by atomic mass is 19.1. The molecule has 0 spiro atoms. The molecule has 0 saturated heterocycles. The van der Waals surface area contributed by atoms with Gasteiger partial charge in [0.1, 0.15) is 17.5 Å². The van der Waals surface area contributed by atoms with E-state index in [2.05, 4.69) is 5.32 Å². The Bertz CT molecular complexity index is 625. The Morgan fingerprint density at radius 1 is 1.00 bits per heavy atom. The first-order valence-electron chi connectivity index (χ1n) is 6.94. The zero-order chi connectivity index (χ0) is 15.4. The second kappa shape index (κ2) is 6.76. The molecule has 2 rings (SSSR count). The number of rotatable bonds is 5. The summed E-state index contributed by atoms with van der Waals surface area (Å²) < 4.78 is 40.1. The molecule has 0 fully saturated rings. The summed E-state index contributed by atoms with van der Waals surface area (Å²) in [5.41, 5.74) is 1.87. The Balaban J connectivity index is 2.28. The van der Waals surface area contributed by atoms with E-state index in [9.17, 15) is 13.2 Å². The number of aryl methyl sites for hydroxylation is 1. The van der Waals surface area contributed by atoms with Crippen molar-refractivity contribution in [3.63, 3.8) is 0 Å². The zero-order valence-corrected chi connectivity index (χ0v) is 12.1. The minimum Gasteiger partial charge on any atom is -0.310 e. The molecule has 2 aromatic carbocycles. The van der Waals surface area contributed by atoms with Gasteiger partial charge in [0.2, 0.25) is 0 Å². The number of hydrogen-bond acceptors (Lipinski definition) is 1. The van der Waals surface area contributed by atoms with Gasteiger partial charge in [-0.2, -0.15) is 0 Å². The molecule has 1 atom stereocenters. The van der Waals surface area contributed by atoms with Gasteiger partial charge in [-0.05, 0) is 48.7 Å². The van der Waals surface area contributed by atoms with Gasteiger partial charge >= 0.3 is 0 Å². The van der Waals surface area contributed by atoms with Crippen molar-refractivity contribution in [2.24, 2.45) is 0 Å². The van der Waals surface area contributed by atoms with Crippen LogP contribution in [0.25, 0.3) is 0 Å². The summed E-state index contributed by atoms with van der Waals surface area (Å²) in [4.78, 5) is 0. The molecule has 2 aromatic rings. The fraction of sp³-hybridized carbons (Fsp3) is 0.294. The number of hydrogen-bond donors (Lipinski definition) is 1. The summed E-state index contributed by atoms with van der Waals surface area (Å²) in [7, 11) is 0. The van der Waals surface area contributed by atoms with E-state index in [0.717, 1.165) is 11.6 Å². The second-order valence-electron chi connectivity index (χ2n) is 5.06. The van der Waals surface area contributed by atoms with Gasteiger partial charge in [0.25, 0.3) is 0 Å². The first-order valence-corrected chi connectivity index (χ1v) is 6.94. The number of nitrogens with one attached hydrogen (secondary N) is 1. The van der Waals surface area contributed by atoms with Crippen molar-refractivity contribution in [2.75, 3.05) is 6.54 Å². The maximum absolute atomic E-state index is 13.8. The standard InChI is InChI=1S/C17H18F3N/c1-3-21-17(13-5-7-15(19)11(2)8-13)9-12-4-6-14(18)10-16(12)20/h4-8,10,17,21H,3,9H2,1-2H3. The van der Waals surface area contributed by atoms with Crippen molar-refractivity contribution < 1.29 is 13.2 Å². The highest BCUT2D eigenvalue weighted by Gasteiger charge is 2.15. The summed E-state index contributed by atoms with van der Waals surface area (Å²) in [6.45, 7) is 4.34. The molecule has 0 bridgehead atoms. The Morgan fingerprint density at radius 3 is 2.38 bits per heavy atom. The van der Waals surface area contributed by atoms with Crippen LogP contribution in [-0.4, -0.2) is 6.54 Å². The van der Waals surface area contributed by atoms with E-state index in [-0.39, 0.29) is 11.9 Å². The predicted molar refractivity (Wildman–Crippen MR) is 77.6 cm³/mol. The van der Waals surface area contributed by atoms with Crippen LogP contribution in [0, 0.1) is 24.4 Å². The zero-order valence-electron chi connectivity index (χ0n) is 12.1. The van der Waals surface area contributed by atoms with E-state index in [4.69, 9.17) is 0 Å². The highest BCUT2D eigenvalue weighted by molar-refractivity contribution is 5.29. The van der Waals surface area contributed by atoms with Crippen LogP contribution in [0.15, 0.2) is 36.4 Å². The van der Waals surface area contributed by atoms with Gasteiger partial charge in [0, 0.05) is 12.1 Å². The minimum atomic E-state index is -0.589. The molecule has 0 aliphatic carbocycles. The SMILES string of the molecule is CCNC(Cc1ccc(F)cc1F)c1ccc(F)c(C)c1. The van der Waals surface area contributed by atoms with Gasteiger partial charge in [-0.1, -0.05) is 25.1 Å². The molecule has 4 heteroatoms. The minimum absolute atomic E-state index is 0.144. The third-order valence-electron chi connectivity index (χ3n) is 3.47. The lowest BCUT2D eigenvalue weighted by molar-refractivity contribution is 0.519. The van der Waals surface area contributed by atoms with E-state index in [1.54, 1.807) is 19.1 Å². The molecule has 0 radical (unpaired) electrons. The third-order valence-corrected chi connectivity index (χ3v) is 3.47. The summed E-state index contributed by atoms with van der Waals surface area (Å²) in [5.74, 6) is -1.41. The summed E-state index contributed by atoms with van der Waals surface area (Å²) in [6, 6.07) is 8.29. The maximum Gasteiger partial charge on any atom is 0.129 e. The molecular formula is C17H18F3N. The fourth-order valence-corrected chi connectivity index (χ4v) is 2.35. The molecule has 1 unspecified atom stereocenters. The lowest BCUT2D eigenvalue weighted by Crippen LogP contribution is -2.23. The molecule has 0 saturated carbocycles. The fourth-order valence-electron chi connectivity index (χ4n) is 2.35.